The lowest BCUT2D eigenvalue weighted by Gasteiger charge is -2.35. The summed E-state index contributed by atoms with van der Waals surface area (Å²) in [5.74, 6) is -1.24. The third kappa shape index (κ3) is 6.05. The molecule has 160 valence electrons. The number of morpholine rings is 1. The minimum Gasteiger partial charge on any atom is -0.379 e. The van der Waals surface area contributed by atoms with E-state index in [0.717, 1.165) is 29.9 Å². The number of hydrogen-bond donors (Lipinski definition) is 2. The molecule has 1 aliphatic rings. The van der Waals surface area contributed by atoms with Gasteiger partial charge in [0.15, 0.2) is 0 Å². The van der Waals surface area contributed by atoms with Crippen molar-refractivity contribution in [2.45, 2.75) is 12.6 Å². The van der Waals surface area contributed by atoms with Gasteiger partial charge in [0, 0.05) is 46.0 Å². The van der Waals surface area contributed by atoms with E-state index in [4.69, 9.17) is 4.74 Å². The van der Waals surface area contributed by atoms with Gasteiger partial charge in [0.2, 0.25) is 0 Å². The molecule has 2 N–H and O–H groups in total. The molecule has 1 fully saturated rings. The molecule has 1 atom stereocenters. The SMILES string of the molecule is CN(C)c1ccc([C@H](CNC(=O)C(=O)NCc2ccccc2)N2CCOCC2)cc1. The second-order valence-corrected chi connectivity index (χ2v) is 7.53. The first-order chi connectivity index (χ1) is 14.5. The summed E-state index contributed by atoms with van der Waals surface area (Å²) in [5, 5.41) is 5.48. The summed E-state index contributed by atoms with van der Waals surface area (Å²) in [7, 11) is 4.01. The van der Waals surface area contributed by atoms with E-state index in [1.54, 1.807) is 0 Å². The standard InChI is InChI=1S/C23H30N4O3/c1-26(2)20-10-8-19(9-11-20)21(27-12-14-30-15-13-27)17-25-23(29)22(28)24-16-18-6-4-3-5-7-18/h3-11,21H,12-17H2,1-2H3,(H,24,28)(H,25,29)/t21-/m0/s1. The van der Waals surface area contributed by atoms with Gasteiger partial charge in [-0.05, 0) is 23.3 Å². The van der Waals surface area contributed by atoms with Gasteiger partial charge in [-0.1, -0.05) is 42.5 Å². The average molecular weight is 411 g/mol. The van der Waals surface area contributed by atoms with Crippen molar-refractivity contribution in [2.75, 3.05) is 51.8 Å². The Morgan fingerprint density at radius 3 is 2.23 bits per heavy atom. The molecule has 2 amide bonds. The Hall–Kier alpha value is -2.90. The first-order valence-electron chi connectivity index (χ1n) is 10.2. The summed E-state index contributed by atoms with van der Waals surface area (Å²) in [5.41, 5.74) is 3.17. The summed E-state index contributed by atoms with van der Waals surface area (Å²) in [4.78, 5) is 28.9. The molecular formula is C23H30N4O3. The van der Waals surface area contributed by atoms with Gasteiger partial charge < -0.3 is 20.3 Å². The first-order valence-corrected chi connectivity index (χ1v) is 10.2. The van der Waals surface area contributed by atoms with Crippen molar-refractivity contribution in [3.63, 3.8) is 0 Å². The lowest BCUT2D eigenvalue weighted by atomic mass is 10.0. The molecule has 1 aliphatic heterocycles. The number of benzene rings is 2. The molecule has 0 saturated carbocycles. The number of nitrogens with one attached hydrogen (secondary N) is 2. The molecule has 0 aromatic heterocycles. The minimum atomic E-state index is -0.623. The van der Waals surface area contributed by atoms with Gasteiger partial charge in [0.1, 0.15) is 0 Å². The molecule has 1 heterocycles. The van der Waals surface area contributed by atoms with Crippen LogP contribution in [0.5, 0.6) is 0 Å². The maximum Gasteiger partial charge on any atom is 0.309 e. The third-order valence-corrected chi connectivity index (χ3v) is 5.24. The summed E-state index contributed by atoms with van der Waals surface area (Å²) >= 11 is 0. The van der Waals surface area contributed by atoms with E-state index in [-0.39, 0.29) is 6.04 Å². The number of rotatable bonds is 7. The van der Waals surface area contributed by atoms with Crippen molar-refractivity contribution in [3.05, 3.63) is 65.7 Å². The maximum atomic E-state index is 12.4. The molecule has 0 unspecified atom stereocenters. The van der Waals surface area contributed by atoms with Gasteiger partial charge in [0.05, 0.1) is 19.3 Å². The average Bonchev–Trinajstić information content (AvgIpc) is 2.79. The molecule has 2 aromatic carbocycles. The molecule has 7 heteroatoms. The Bertz CT molecular complexity index is 818. The molecule has 0 spiro atoms. The predicted molar refractivity (Wildman–Crippen MR) is 117 cm³/mol. The zero-order valence-corrected chi connectivity index (χ0v) is 17.6. The van der Waals surface area contributed by atoms with Crippen LogP contribution < -0.4 is 15.5 Å². The van der Waals surface area contributed by atoms with Crippen molar-refractivity contribution in [2.24, 2.45) is 0 Å². The Balaban J connectivity index is 1.61. The van der Waals surface area contributed by atoms with E-state index in [2.05, 4.69) is 39.8 Å². The fraction of sp³-hybridized carbons (Fsp3) is 0.391. The Morgan fingerprint density at radius 2 is 1.60 bits per heavy atom. The number of hydrogen-bond acceptors (Lipinski definition) is 5. The smallest absolute Gasteiger partial charge is 0.309 e. The molecular weight excluding hydrogens is 380 g/mol. The van der Waals surface area contributed by atoms with Gasteiger partial charge >= 0.3 is 11.8 Å². The zero-order valence-electron chi connectivity index (χ0n) is 17.6. The monoisotopic (exact) mass is 410 g/mol. The summed E-state index contributed by atoms with van der Waals surface area (Å²) < 4.78 is 5.47. The highest BCUT2D eigenvalue weighted by atomic mass is 16.5. The highest BCUT2D eigenvalue weighted by molar-refractivity contribution is 6.35. The number of carbonyl (C=O) groups excluding carboxylic acids is 2. The van der Waals surface area contributed by atoms with Crippen molar-refractivity contribution in [1.82, 2.24) is 15.5 Å². The van der Waals surface area contributed by atoms with E-state index in [0.29, 0.717) is 26.3 Å². The largest absolute Gasteiger partial charge is 0.379 e. The number of carbonyl (C=O) groups is 2. The topological polar surface area (TPSA) is 73.9 Å². The van der Waals surface area contributed by atoms with Crippen LogP contribution in [0.15, 0.2) is 54.6 Å². The fourth-order valence-electron chi connectivity index (χ4n) is 3.47. The van der Waals surface area contributed by atoms with Crippen LogP contribution in [-0.2, 0) is 20.9 Å². The van der Waals surface area contributed by atoms with Crippen LogP contribution in [0.25, 0.3) is 0 Å². The Kier molecular flexibility index (Phi) is 7.82. The number of nitrogens with zero attached hydrogens (tertiary/aromatic N) is 2. The third-order valence-electron chi connectivity index (χ3n) is 5.24. The second-order valence-electron chi connectivity index (χ2n) is 7.53. The van der Waals surface area contributed by atoms with Crippen molar-refractivity contribution in [1.29, 1.82) is 0 Å². The predicted octanol–water partition coefficient (Wildman–Crippen LogP) is 1.56. The van der Waals surface area contributed by atoms with Crippen LogP contribution in [0, 0.1) is 0 Å². The first kappa shape index (κ1) is 21.8. The minimum absolute atomic E-state index is 0.0176. The summed E-state index contributed by atoms with van der Waals surface area (Å²) in [6.07, 6.45) is 0. The van der Waals surface area contributed by atoms with Gasteiger partial charge in [-0.3, -0.25) is 14.5 Å². The number of ether oxygens (including phenoxy) is 1. The molecule has 2 aromatic rings. The van der Waals surface area contributed by atoms with Crippen molar-refractivity contribution in [3.8, 4) is 0 Å². The van der Waals surface area contributed by atoms with E-state index >= 15 is 0 Å². The lowest BCUT2D eigenvalue weighted by Crippen LogP contribution is -2.46. The molecule has 0 radical (unpaired) electrons. The Labute approximate surface area is 178 Å². The van der Waals surface area contributed by atoms with Crippen molar-refractivity contribution >= 4 is 17.5 Å². The van der Waals surface area contributed by atoms with Crippen LogP contribution in [0.3, 0.4) is 0 Å². The van der Waals surface area contributed by atoms with E-state index in [1.807, 2.05) is 49.3 Å². The molecule has 0 aliphatic carbocycles. The van der Waals surface area contributed by atoms with E-state index < -0.39 is 11.8 Å². The molecule has 0 bridgehead atoms. The highest BCUT2D eigenvalue weighted by Gasteiger charge is 2.24. The number of anilines is 1. The quantitative estimate of drug-likeness (QED) is 0.678. The van der Waals surface area contributed by atoms with Gasteiger partial charge in [-0.25, -0.2) is 0 Å². The highest BCUT2D eigenvalue weighted by Crippen LogP contribution is 2.23. The van der Waals surface area contributed by atoms with Gasteiger partial charge in [-0.2, -0.15) is 0 Å². The van der Waals surface area contributed by atoms with Crippen LogP contribution >= 0.6 is 0 Å². The zero-order chi connectivity index (χ0) is 21.3. The van der Waals surface area contributed by atoms with Crippen LogP contribution in [0.2, 0.25) is 0 Å². The van der Waals surface area contributed by atoms with E-state index in [1.165, 1.54) is 0 Å². The molecule has 1 saturated heterocycles. The van der Waals surface area contributed by atoms with Gasteiger partial charge in [0.25, 0.3) is 0 Å². The molecule has 7 nitrogen and oxygen atoms in total. The number of amides is 2. The van der Waals surface area contributed by atoms with E-state index in [9.17, 15) is 9.59 Å². The van der Waals surface area contributed by atoms with Crippen LogP contribution in [0.1, 0.15) is 17.2 Å². The van der Waals surface area contributed by atoms with Gasteiger partial charge in [-0.15, -0.1) is 0 Å². The maximum absolute atomic E-state index is 12.4. The summed E-state index contributed by atoms with van der Waals surface area (Å²) in [6, 6.07) is 17.8. The van der Waals surface area contributed by atoms with Crippen LogP contribution in [-0.4, -0.2) is 63.7 Å². The normalized spacial score (nSPS) is 15.3. The van der Waals surface area contributed by atoms with Crippen LogP contribution in [0.4, 0.5) is 5.69 Å². The second kappa shape index (κ2) is 10.8. The molecule has 30 heavy (non-hydrogen) atoms. The fourth-order valence-corrected chi connectivity index (χ4v) is 3.47. The Morgan fingerprint density at radius 1 is 0.967 bits per heavy atom. The molecule has 3 rings (SSSR count). The lowest BCUT2D eigenvalue weighted by molar-refractivity contribution is -0.139. The summed E-state index contributed by atoms with van der Waals surface area (Å²) in [6.45, 7) is 3.59. The van der Waals surface area contributed by atoms with Crippen molar-refractivity contribution < 1.29 is 14.3 Å².